The number of ether oxygens (including phenoxy) is 2. The summed E-state index contributed by atoms with van der Waals surface area (Å²) < 4.78 is 10.4. The molecule has 3 rings (SSSR count). The summed E-state index contributed by atoms with van der Waals surface area (Å²) in [5.41, 5.74) is 1.64. The third kappa shape index (κ3) is 5.20. The van der Waals surface area contributed by atoms with Gasteiger partial charge in [0.25, 0.3) is 0 Å². The minimum absolute atomic E-state index is 0.0926. The van der Waals surface area contributed by atoms with Gasteiger partial charge in [0, 0.05) is 24.4 Å². The average molecular weight is 404 g/mol. The molecule has 0 unspecified atom stereocenters. The van der Waals surface area contributed by atoms with E-state index in [0.29, 0.717) is 36.3 Å². The SMILES string of the molecule is CCOC(=O)Nc1nc2c(s1)CN(CC(=O)Nc1ccccc1OCC)CC2. The molecule has 0 saturated carbocycles. The summed E-state index contributed by atoms with van der Waals surface area (Å²) in [6.07, 6.45) is 0.233. The zero-order chi connectivity index (χ0) is 19.9. The lowest BCUT2D eigenvalue weighted by atomic mass is 10.2. The molecule has 0 radical (unpaired) electrons. The van der Waals surface area contributed by atoms with Crippen LogP contribution in [0.3, 0.4) is 0 Å². The van der Waals surface area contributed by atoms with Crippen LogP contribution in [0.5, 0.6) is 5.75 Å². The van der Waals surface area contributed by atoms with E-state index < -0.39 is 6.09 Å². The highest BCUT2D eigenvalue weighted by atomic mass is 32.1. The van der Waals surface area contributed by atoms with Crippen molar-refractivity contribution in [3.05, 3.63) is 34.8 Å². The van der Waals surface area contributed by atoms with Crippen molar-refractivity contribution in [2.24, 2.45) is 0 Å². The van der Waals surface area contributed by atoms with Crippen LogP contribution in [0.1, 0.15) is 24.4 Å². The monoisotopic (exact) mass is 404 g/mol. The molecule has 0 aliphatic carbocycles. The summed E-state index contributed by atoms with van der Waals surface area (Å²) in [4.78, 5) is 31.6. The van der Waals surface area contributed by atoms with Crippen molar-refractivity contribution in [2.45, 2.75) is 26.8 Å². The van der Waals surface area contributed by atoms with Crippen LogP contribution < -0.4 is 15.4 Å². The van der Waals surface area contributed by atoms with Crippen LogP contribution >= 0.6 is 11.3 Å². The molecule has 1 aliphatic heterocycles. The van der Waals surface area contributed by atoms with Gasteiger partial charge in [0.15, 0.2) is 5.13 Å². The lowest BCUT2D eigenvalue weighted by Crippen LogP contribution is -2.36. The maximum atomic E-state index is 12.5. The fraction of sp³-hybridized carbons (Fsp3) is 0.421. The molecule has 0 atom stereocenters. The Bertz CT molecular complexity index is 839. The van der Waals surface area contributed by atoms with Gasteiger partial charge in [-0.3, -0.25) is 15.0 Å². The number of hydrogen-bond acceptors (Lipinski definition) is 7. The second-order valence-corrected chi connectivity index (χ2v) is 7.26. The molecule has 2 amide bonds. The van der Waals surface area contributed by atoms with Gasteiger partial charge in [-0.05, 0) is 26.0 Å². The van der Waals surface area contributed by atoms with Crippen molar-refractivity contribution in [3.8, 4) is 5.75 Å². The molecular weight excluding hydrogens is 380 g/mol. The first-order chi connectivity index (χ1) is 13.6. The maximum Gasteiger partial charge on any atom is 0.413 e. The molecule has 150 valence electrons. The summed E-state index contributed by atoms with van der Waals surface area (Å²) in [5.74, 6) is 0.571. The van der Waals surface area contributed by atoms with Crippen LogP contribution in [0.2, 0.25) is 0 Å². The fourth-order valence-electron chi connectivity index (χ4n) is 2.94. The predicted octanol–water partition coefficient (Wildman–Crippen LogP) is 3.11. The zero-order valence-electron chi connectivity index (χ0n) is 16.0. The van der Waals surface area contributed by atoms with Crippen molar-refractivity contribution in [1.82, 2.24) is 9.88 Å². The normalized spacial score (nSPS) is 13.5. The summed E-state index contributed by atoms with van der Waals surface area (Å²) in [6.45, 7) is 6.14. The maximum absolute atomic E-state index is 12.5. The van der Waals surface area contributed by atoms with Crippen molar-refractivity contribution in [1.29, 1.82) is 0 Å². The Labute approximate surface area is 167 Å². The molecule has 2 N–H and O–H groups in total. The first kappa shape index (κ1) is 20.1. The van der Waals surface area contributed by atoms with Gasteiger partial charge in [-0.2, -0.15) is 0 Å². The van der Waals surface area contributed by atoms with E-state index in [2.05, 4.69) is 20.5 Å². The van der Waals surface area contributed by atoms with Gasteiger partial charge >= 0.3 is 6.09 Å². The van der Waals surface area contributed by atoms with E-state index >= 15 is 0 Å². The van der Waals surface area contributed by atoms with Crippen molar-refractivity contribution >= 4 is 34.2 Å². The first-order valence-electron chi connectivity index (χ1n) is 9.25. The second kappa shape index (κ2) is 9.52. The number of thiazole rings is 1. The lowest BCUT2D eigenvalue weighted by Gasteiger charge is -2.25. The number of hydrogen-bond donors (Lipinski definition) is 2. The summed E-state index contributed by atoms with van der Waals surface area (Å²) in [7, 11) is 0. The number of anilines is 2. The molecule has 0 saturated heterocycles. The molecule has 9 heteroatoms. The average Bonchev–Trinajstić information content (AvgIpc) is 3.05. The van der Waals surface area contributed by atoms with Crippen LogP contribution in [0, 0.1) is 0 Å². The van der Waals surface area contributed by atoms with Crippen LogP contribution in [0.4, 0.5) is 15.6 Å². The molecule has 0 spiro atoms. The highest BCUT2D eigenvalue weighted by Crippen LogP contribution is 2.28. The number of carbonyl (C=O) groups is 2. The topological polar surface area (TPSA) is 92.8 Å². The van der Waals surface area contributed by atoms with Crippen molar-refractivity contribution in [2.75, 3.05) is 36.9 Å². The van der Waals surface area contributed by atoms with Gasteiger partial charge < -0.3 is 14.8 Å². The number of para-hydroxylation sites is 2. The van der Waals surface area contributed by atoms with Crippen LogP contribution in [0.15, 0.2) is 24.3 Å². The predicted molar refractivity (Wildman–Crippen MR) is 108 cm³/mol. The number of carbonyl (C=O) groups excluding carboxylic acids is 2. The number of nitrogens with zero attached hydrogens (tertiary/aromatic N) is 2. The van der Waals surface area contributed by atoms with Crippen LogP contribution in [-0.2, 0) is 22.5 Å². The van der Waals surface area contributed by atoms with Gasteiger partial charge in [0.1, 0.15) is 5.75 Å². The third-order valence-corrected chi connectivity index (χ3v) is 5.12. The molecular formula is C19H24N4O4S. The molecule has 1 aromatic carbocycles. The quantitative estimate of drug-likeness (QED) is 0.737. The Balaban J connectivity index is 1.56. The minimum Gasteiger partial charge on any atom is -0.492 e. The van der Waals surface area contributed by atoms with E-state index in [4.69, 9.17) is 9.47 Å². The Hall–Kier alpha value is -2.65. The number of fused-ring (bicyclic) bond motifs is 1. The molecule has 8 nitrogen and oxygen atoms in total. The van der Waals surface area contributed by atoms with Crippen LogP contribution in [-0.4, -0.2) is 48.2 Å². The summed E-state index contributed by atoms with van der Waals surface area (Å²) >= 11 is 1.42. The highest BCUT2D eigenvalue weighted by Gasteiger charge is 2.23. The standard InChI is InChI=1S/C19H24N4O4S/c1-3-26-15-8-6-5-7-13(15)20-17(24)12-23-10-9-14-16(11-23)28-18(21-14)22-19(25)27-4-2/h5-8H,3-4,9-12H2,1-2H3,(H,20,24)(H,21,22,25). The molecule has 0 bridgehead atoms. The van der Waals surface area contributed by atoms with Crippen molar-refractivity contribution < 1.29 is 19.1 Å². The second-order valence-electron chi connectivity index (χ2n) is 6.17. The number of rotatable bonds is 7. The molecule has 0 fully saturated rings. The largest absolute Gasteiger partial charge is 0.492 e. The minimum atomic E-state index is -0.502. The molecule has 1 aliphatic rings. The van der Waals surface area contributed by atoms with E-state index in [0.717, 1.165) is 23.5 Å². The number of nitrogens with one attached hydrogen (secondary N) is 2. The number of aromatic nitrogens is 1. The van der Waals surface area contributed by atoms with Gasteiger partial charge in [0.2, 0.25) is 5.91 Å². The summed E-state index contributed by atoms with van der Waals surface area (Å²) in [5, 5.41) is 6.09. The van der Waals surface area contributed by atoms with E-state index in [1.165, 1.54) is 11.3 Å². The lowest BCUT2D eigenvalue weighted by molar-refractivity contribution is -0.117. The number of amides is 2. The Morgan fingerprint density at radius 3 is 2.82 bits per heavy atom. The molecule has 2 aromatic rings. The van der Waals surface area contributed by atoms with Gasteiger partial charge in [-0.15, -0.1) is 0 Å². The van der Waals surface area contributed by atoms with E-state index in [-0.39, 0.29) is 12.5 Å². The van der Waals surface area contributed by atoms with Gasteiger partial charge in [-0.25, -0.2) is 9.78 Å². The smallest absolute Gasteiger partial charge is 0.413 e. The Kier molecular flexibility index (Phi) is 6.83. The molecule has 2 heterocycles. The Morgan fingerprint density at radius 2 is 2.04 bits per heavy atom. The molecule has 1 aromatic heterocycles. The van der Waals surface area contributed by atoms with E-state index in [9.17, 15) is 9.59 Å². The van der Waals surface area contributed by atoms with Crippen molar-refractivity contribution in [3.63, 3.8) is 0 Å². The van der Waals surface area contributed by atoms with Crippen LogP contribution in [0.25, 0.3) is 0 Å². The van der Waals surface area contributed by atoms with Gasteiger partial charge in [-0.1, -0.05) is 23.5 Å². The highest BCUT2D eigenvalue weighted by molar-refractivity contribution is 7.15. The zero-order valence-corrected chi connectivity index (χ0v) is 16.8. The summed E-state index contributed by atoms with van der Waals surface area (Å²) in [6, 6.07) is 7.40. The third-order valence-electron chi connectivity index (χ3n) is 4.12. The van der Waals surface area contributed by atoms with Gasteiger partial charge in [0.05, 0.1) is 31.1 Å². The first-order valence-corrected chi connectivity index (χ1v) is 10.1. The molecule has 28 heavy (non-hydrogen) atoms. The Morgan fingerprint density at radius 1 is 1.21 bits per heavy atom. The van der Waals surface area contributed by atoms with E-state index in [1.807, 2.05) is 31.2 Å². The number of benzene rings is 1. The fourth-order valence-corrected chi connectivity index (χ4v) is 3.97. The van der Waals surface area contributed by atoms with E-state index in [1.54, 1.807) is 6.92 Å².